The molecule has 10 aromatic rings. The van der Waals surface area contributed by atoms with Crippen molar-refractivity contribution >= 4 is 11.0 Å². The molecule has 380 valence electrons. The van der Waals surface area contributed by atoms with E-state index in [4.69, 9.17) is 11.3 Å². The number of fused-ring (bicyclic) bond motifs is 1. The molecule has 0 bridgehead atoms. The number of hydrogen-bond acceptors (Lipinski definition) is 3. The van der Waals surface area contributed by atoms with Crippen molar-refractivity contribution < 1.29 is 31.7 Å². The minimum absolute atomic E-state index is 0. The maximum Gasteiger partial charge on any atom is 0.148 e. The zero-order valence-electron chi connectivity index (χ0n) is 48.9. The predicted octanol–water partition coefficient (Wildman–Crippen LogP) is 18.9. The van der Waals surface area contributed by atoms with Gasteiger partial charge in [-0.25, -0.2) is 4.98 Å². The van der Waals surface area contributed by atoms with E-state index in [1.165, 1.54) is 0 Å². The second-order valence-corrected chi connectivity index (χ2v) is 23.0. The van der Waals surface area contributed by atoms with E-state index in [0.717, 1.165) is 89.1 Å². The van der Waals surface area contributed by atoms with Crippen molar-refractivity contribution in [3.05, 3.63) is 216 Å². The van der Waals surface area contributed by atoms with Crippen LogP contribution in [0.15, 0.2) is 182 Å². The van der Waals surface area contributed by atoms with E-state index >= 15 is 0 Å². The molecular formula is C70H68N3OPt-. The molecule has 0 spiro atoms. The minimum Gasteiger partial charge on any atom is -0.507 e. The fourth-order valence-electron chi connectivity index (χ4n) is 9.97. The van der Waals surface area contributed by atoms with Crippen LogP contribution >= 0.6 is 0 Å². The van der Waals surface area contributed by atoms with Crippen LogP contribution in [0, 0.1) is 12.9 Å². The normalized spacial score (nSPS) is 13.2. The summed E-state index contributed by atoms with van der Waals surface area (Å²) in [6.45, 7) is 20.6. The molecule has 0 atom stereocenters. The number of pyridine rings is 1. The van der Waals surface area contributed by atoms with Crippen molar-refractivity contribution in [3.63, 3.8) is 0 Å². The first-order valence-corrected chi connectivity index (χ1v) is 25.7. The molecule has 0 saturated carbocycles. The SMILES string of the molecule is [2H]C([2H])([2H])c1cc(-n2c(-c3cc(C(C)(C)C)cc(C(C)(C)C)c3O)nc3c(-c4[c-]c(-c5cc(-c6ccc(C([2H])(C)C)cc6)ccn5)cc(-c5ccccc5)c4)cccc32)c(-c2ccccc2)cc1-c1ccc(C(C)(C)C)cc1.[Pt]. The number of nitrogens with zero attached hydrogens (tertiary/aromatic N) is 3. The van der Waals surface area contributed by atoms with Crippen molar-refractivity contribution in [2.24, 2.45) is 0 Å². The van der Waals surface area contributed by atoms with Crippen LogP contribution in [-0.4, -0.2) is 19.6 Å². The Kier molecular flexibility index (Phi) is 13.0. The largest absolute Gasteiger partial charge is 0.507 e. The standard InChI is InChI=1S/C70H68N3O.Pt/c1-44(2)46-26-28-48(29-27-46)51-34-35-71-62(40-51)54-38-52(47-20-15-13-16-21-47)37-53(39-54)57-24-19-25-63-65(57)72-67(60-41-56(69(7,8)9)42-61(66(60)74)70(10,11)12)73(63)64-36-45(3)58(43-59(64)49-22-17-14-18-23-49)50-30-32-55(33-31-50)68(4,5)6;/h13-38,40-44,74H,1-12H3;/q-1;/i3D3,44D;. The van der Waals surface area contributed by atoms with Crippen molar-refractivity contribution in [2.45, 2.75) is 105 Å². The molecule has 0 unspecified atom stereocenters. The number of aromatic nitrogens is 3. The molecular weight excluding hydrogens is 1090 g/mol. The van der Waals surface area contributed by atoms with Gasteiger partial charge in [-0.3, -0.25) is 9.55 Å². The van der Waals surface area contributed by atoms with Gasteiger partial charge in [0.1, 0.15) is 11.6 Å². The summed E-state index contributed by atoms with van der Waals surface area (Å²) in [7, 11) is 0. The quantitative estimate of drug-likeness (QED) is 0.147. The van der Waals surface area contributed by atoms with E-state index in [2.05, 4.69) is 158 Å². The summed E-state index contributed by atoms with van der Waals surface area (Å²) >= 11 is 0. The van der Waals surface area contributed by atoms with Crippen LogP contribution in [-0.2, 0) is 37.3 Å². The fourth-order valence-corrected chi connectivity index (χ4v) is 9.97. The molecule has 1 N–H and O–H groups in total. The minimum atomic E-state index is -2.52. The average molecular weight is 1170 g/mol. The van der Waals surface area contributed by atoms with Gasteiger partial charge in [0.2, 0.25) is 0 Å². The van der Waals surface area contributed by atoms with Crippen LogP contribution in [0.25, 0.3) is 95.0 Å². The summed E-state index contributed by atoms with van der Waals surface area (Å²) in [6, 6.07) is 63.1. The van der Waals surface area contributed by atoms with Crippen molar-refractivity contribution in [1.29, 1.82) is 0 Å². The zero-order valence-corrected chi connectivity index (χ0v) is 47.2. The Morgan fingerprint density at radius 3 is 1.77 bits per heavy atom. The van der Waals surface area contributed by atoms with Crippen molar-refractivity contribution in [1.82, 2.24) is 14.5 Å². The smallest absolute Gasteiger partial charge is 0.148 e. The van der Waals surface area contributed by atoms with Gasteiger partial charge in [0.25, 0.3) is 0 Å². The fraction of sp³-hybridized carbons (Fsp3) is 0.229. The molecule has 0 fully saturated rings. The Balaban J connectivity index is 0.00000757. The molecule has 2 heterocycles. The number of para-hydroxylation sites is 1. The molecule has 4 nitrogen and oxygen atoms in total. The van der Waals surface area contributed by atoms with Crippen molar-refractivity contribution in [3.8, 4) is 89.7 Å². The van der Waals surface area contributed by atoms with Gasteiger partial charge >= 0.3 is 0 Å². The van der Waals surface area contributed by atoms with Crippen LogP contribution in [0.1, 0.15) is 115 Å². The second kappa shape index (κ2) is 20.5. The number of hydrogen-bond donors (Lipinski definition) is 1. The number of phenolic OH excluding ortho intramolecular Hbond substituents is 1. The summed E-state index contributed by atoms with van der Waals surface area (Å²) in [4.78, 5) is 10.6. The topological polar surface area (TPSA) is 50.9 Å². The van der Waals surface area contributed by atoms with Crippen LogP contribution in [0.2, 0.25) is 0 Å². The van der Waals surface area contributed by atoms with E-state index in [0.29, 0.717) is 28.2 Å². The van der Waals surface area contributed by atoms with E-state index in [-0.39, 0.29) is 43.2 Å². The Morgan fingerprint density at radius 2 is 1.15 bits per heavy atom. The Hall–Kier alpha value is -7.13. The molecule has 0 aliphatic rings. The molecule has 0 aliphatic heterocycles. The second-order valence-electron chi connectivity index (χ2n) is 23.0. The molecule has 75 heavy (non-hydrogen) atoms. The molecule has 10 rings (SSSR count). The van der Waals surface area contributed by atoms with Gasteiger partial charge in [0.15, 0.2) is 0 Å². The molecule has 0 aliphatic carbocycles. The number of imidazole rings is 1. The van der Waals surface area contributed by atoms with E-state index in [1.54, 1.807) is 0 Å². The first-order chi connectivity index (χ1) is 36.7. The Labute approximate surface area is 465 Å². The van der Waals surface area contributed by atoms with Crippen LogP contribution < -0.4 is 0 Å². The van der Waals surface area contributed by atoms with Gasteiger partial charge in [0.05, 0.1) is 22.3 Å². The van der Waals surface area contributed by atoms with Gasteiger partial charge in [-0.1, -0.05) is 226 Å². The summed E-state index contributed by atoms with van der Waals surface area (Å²) in [5, 5.41) is 12.8. The van der Waals surface area contributed by atoms with Gasteiger partial charge in [-0.2, -0.15) is 0 Å². The van der Waals surface area contributed by atoms with Gasteiger partial charge in [-0.05, 0) is 115 Å². The monoisotopic (exact) mass is 1170 g/mol. The first kappa shape index (κ1) is 47.6. The van der Waals surface area contributed by atoms with Crippen LogP contribution in [0.3, 0.4) is 0 Å². The summed E-state index contributed by atoms with van der Waals surface area (Å²) < 4.78 is 38.2. The third kappa shape index (κ3) is 10.6. The van der Waals surface area contributed by atoms with E-state index < -0.39 is 18.2 Å². The maximum atomic E-state index is 12.8. The average Bonchev–Trinajstić information content (AvgIpc) is 3.96. The number of rotatable bonds is 9. The predicted molar refractivity (Wildman–Crippen MR) is 312 cm³/mol. The first-order valence-electron chi connectivity index (χ1n) is 27.7. The Morgan fingerprint density at radius 1 is 0.533 bits per heavy atom. The summed E-state index contributed by atoms with van der Waals surface area (Å²) in [5.41, 5.74) is 16.0. The summed E-state index contributed by atoms with van der Waals surface area (Å²) in [6.07, 6.45) is 1.83. The number of aryl methyl sites for hydroxylation is 1. The number of aromatic hydroxyl groups is 1. The molecule has 0 amide bonds. The summed E-state index contributed by atoms with van der Waals surface area (Å²) in [5.74, 6) is -0.132. The molecule has 8 aromatic carbocycles. The number of phenols is 1. The van der Waals surface area contributed by atoms with E-state index in [1.807, 2.05) is 111 Å². The van der Waals surface area contributed by atoms with E-state index in [9.17, 15) is 9.22 Å². The third-order valence-corrected chi connectivity index (χ3v) is 14.3. The molecule has 0 saturated heterocycles. The van der Waals surface area contributed by atoms with Gasteiger partial charge in [0, 0.05) is 49.6 Å². The van der Waals surface area contributed by atoms with Gasteiger partial charge < -0.3 is 5.11 Å². The molecule has 0 radical (unpaired) electrons. The third-order valence-electron chi connectivity index (χ3n) is 14.3. The molecule has 2 aromatic heterocycles. The molecule has 5 heteroatoms. The Bertz CT molecular complexity index is 3850. The number of benzene rings is 8. The van der Waals surface area contributed by atoms with Gasteiger partial charge in [-0.15, -0.1) is 23.8 Å². The maximum absolute atomic E-state index is 12.8. The van der Waals surface area contributed by atoms with Crippen LogP contribution in [0.4, 0.5) is 0 Å². The van der Waals surface area contributed by atoms with Crippen molar-refractivity contribution in [2.75, 3.05) is 0 Å². The van der Waals surface area contributed by atoms with Crippen LogP contribution in [0.5, 0.6) is 5.75 Å². The zero-order chi connectivity index (χ0) is 55.7.